The zero-order chi connectivity index (χ0) is 18.7. The van der Waals surface area contributed by atoms with Gasteiger partial charge in [0.15, 0.2) is 0 Å². The summed E-state index contributed by atoms with van der Waals surface area (Å²) in [5.74, 6) is -1.77. The van der Waals surface area contributed by atoms with Crippen molar-refractivity contribution in [2.24, 2.45) is 0 Å². The van der Waals surface area contributed by atoms with E-state index < -0.39 is 11.8 Å². The van der Waals surface area contributed by atoms with E-state index in [1.807, 2.05) is 30.3 Å². The van der Waals surface area contributed by atoms with E-state index in [-0.39, 0.29) is 18.6 Å². The SMILES string of the molecule is CC(Oc1ccccc1)(Oc1cnc2ccccc2n1)C(=O)OCC1CO1. The summed E-state index contributed by atoms with van der Waals surface area (Å²) in [7, 11) is 0. The molecule has 2 unspecified atom stereocenters. The predicted octanol–water partition coefficient (Wildman–Crippen LogP) is 2.75. The van der Waals surface area contributed by atoms with Crippen molar-refractivity contribution in [3.63, 3.8) is 0 Å². The summed E-state index contributed by atoms with van der Waals surface area (Å²) < 4.78 is 22.0. The van der Waals surface area contributed by atoms with E-state index in [1.165, 1.54) is 13.1 Å². The standard InChI is InChI=1S/C20H18N2O5/c1-20(19(23)25-13-15-12-24-15,26-14-7-3-2-4-8-14)27-18-11-21-16-9-5-6-10-17(16)22-18/h2-11,15H,12-13H2,1H3. The second-order valence-electron chi connectivity index (χ2n) is 6.21. The Labute approximate surface area is 155 Å². The van der Waals surface area contributed by atoms with Crippen LogP contribution in [0.2, 0.25) is 0 Å². The second kappa shape index (κ2) is 7.20. The third kappa shape index (κ3) is 4.15. The van der Waals surface area contributed by atoms with Gasteiger partial charge >= 0.3 is 11.8 Å². The first kappa shape index (κ1) is 17.2. The van der Waals surface area contributed by atoms with Gasteiger partial charge in [0.05, 0.1) is 23.8 Å². The molecule has 1 aliphatic heterocycles. The lowest BCUT2D eigenvalue weighted by Gasteiger charge is -2.28. The average molecular weight is 366 g/mol. The first-order chi connectivity index (χ1) is 13.1. The molecule has 1 aromatic heterocycles. The van der Waals surface area contributed by atoms with Crippen LogP contribution in [0.1, 0.15) is 6.92 Å². The van der Waals surface area contributed by atoms with Crippen LogP contribution >= 0.6 is 0 Å². The Morgan fingerprint density at radius 3 is 2.56 bits per heavy atom. The van der Waals surface area contributed by atoms with Crippen molar-refractivity contribution >= 4 is 17.0 Å². The van der Waals surface area contributed by atoms with Gasteiger partial charge in [0.2, 0.25) is 5.88 Å². The molecule has 0 bridgehead atoms. The monoisotopic (exact) mass is 366 g/mol. The highest BCUT2D eigenvalue weighted by Crippen LogP contribution is 2.24. The van der Waals surface area contributed by atoms with E-state index in [0.717, 1.165) is 5.52 Å². The maximum absolute atomic E-state index is 12.7. The average Bonchev–Trinajstić information content (AvgIpc) is 3.51. The van der Waals surface area contributed by atoms with Crippen LogP contribution in [0.5, 0.6) is 11.6 Å². The Kier molecular flexibility index (Phi) is 4.60. The third-order valence-electron chi connectivity index (χ3n) is 3.96. The highest BCUT2D eigenvalue weighted by Gasteiger charge is 2.42. The van der Waals surface area contributed by atoms with Crippen molar-refractivity contribution in [2.45, 2.75) is 18.8 Å². The lowest BCUT2D eigenvalue weighted by Crippen LogP contribution is -2.49. The molecule has 0 aliphatic carbocycles. The Morgan fingerprint density at radius 1 is 1.11 bits per heavy atom. The van der Waals surface area contributed by atoms with Gasteiger partial charge in [-0.1, -0.05) is 30.3 Å². The van der Waals surface area contributed by atoms with Crippen molar-refractivity contribution in [3.05, 3.63) is 60.8 Å². The van der Waals surface area contributed by atoms with Crippen LogP contribution < -0.4 is 9.47 Å². The van der Waals surface area contributed by atoms with Crippen molar-refractivity contribution in [3.8, 4) is 11.6 Å². The number of para-hydroxylation sites is 3. The fourth-order valence-electron chi connectivity index (χ4n) is 2.47. The number of carbonyl (C=O) groups is 1. The summed E-state index contributed by atoms with van der Waals surface area (Å²) in [5, 5.41) is 0. The number of nitrogens with zero attached hydrogens (tertiary/aromatic N) is 2. The summed E-state index contributed by atoms with van der Waals surface area (Å²) in [6.45, 7) is 2.23. The Bertz CT molecular complexity index is 945. The molecular weight excluding hydrogens is 348 g/mol. The number of epoxide rings is 1. The van der Waals surface area contributed by atoms with Crippen LogP contribution in [0.4, 0.5) is 0 Å². The Morgan fingerprint density at radius 2 is 1.81 bits per heavy atom. The number of rotatable bonds is 7. The molecule has 0 saturated carbocycles. The highest BCUT2D eigenvalue weighted by atomic mass is 16.7. The van der Waals surface area contributed by atoms with Gasteiger partial charge in [-0.25, -0.2) is 14.8 Å². The summed E-state index contributed by atoms with van der Waals surface area (Å²) in [6.07, 6.45) is 1.39. The summed E-state index contributed by atoms with van der Waals surface area (Å²) in [5.41, 5.74) is 1.38. The van der Waals surface area contributed by atoms with E-state index in [4.69, 9.17) is 18.9 Å². The molecule has 0 N–H and O–H groups in total. The van der Waals surface area contributed by atoms with Gasteiger partial charge < -0.3 is 18.9 Å². The first-order valence-corrected chi connectivity index (χ1v) is 8.56. The molecule has 4 rings (SSSR count). The number of fused-ring (bicyclic) bond motifs is 1. The normalized spacial score (nSPS) is 17.7. The number of carbonyl (C=O) groups excluding carboxylic acids is 1. The minimum Gasteiger partial charge on any atom is -0.457 e. The molecule has 2 heterocycles. The number of esters is 1. The van der Waals surface area contributed by atoms with Crippen LogP contribution in [0, 0.1) is 0 Å². The molecule has 7 heteroatoms. The van der Waals surface area contributed by atoms with Gasteiger partial charge in [0.1, 0.15) is 18.5 Å². The zero-order valence-corrected chi connectivity index (χ0v) is 14.7. The van der Waals surface area contributed by atoms with E-state index >= 15 is 0 Å². The van der Waals surface area contributed by atoms with Gasteiger partial charge in [-0.3, -0.25) is 0 Å². The maximum atomic E-state index is 12.7. The molecule has 7 nitrogen and oxygen atoms in total. The van der Waals surface area contributed by atoms with E-state index in [0.29, 0.717) is 17.9 Å². The van der Waals surface area contributed by atoms with Crippen LogP contribution in [-0.4, -0.2) is 41.0 Å². The van der Waals surface area contributed by atoms with Crippen molar-refractivity contribution in [1.29, 1.82) is 0 Å². The van der Waals surface area contributed by atoms with Crippen LogP contribution in [0.25, 0.3) is 11.0 Å². The quantitative estimate of drug-likeness (QED) is 0.361. The lowest BCUT2D eigenvalue weighted by atomic mass is 10.3. The molecule has 0 radical (unpaired) electrons. The first-order valence-electron chi connectivity index (χ1n) is 8.56. The molecule has 1 fully saturated rings. The van der Waals surface area contributed by atoms with Gasteiger partial charge in [-0.15, -0.1) is 0 Å². The number of benzene rings is 2. The molecule has 27 heavy (non-hydrogen) atoms. The Balaban J connectivity index is 1.59. The second-order valence-corrected chi connectivity index (χ2v) is 6.21. The molecule has 0 amide bonds. The van der Waals surface area contributed by atoms with Gasteiger partial charge in [-0.05, 0) is 24.3 Å². The predicted molar refractivity (Wildman–Crippen MR) is 96.3 cm³/mol. The number of hydrogen-bond acceptors (Lipinski definition) is 7. The summed E-state index contributed by atoms with van der Waals surface area (Å²) in [6, 6.07) is 16.3. The van der Waals surface area contributed by atoms with E-state index in [1.54, 1.807) is 24.3 Å². The topological polar surface area (TPSA) is 83.1 Å². The van der Waals surface area contributed by atoms with E-state index in [9.17, 15) is 4.79 Å². The minimum atomic E-state index is -1.73. The summed E-state index contributed by atoms with van der Waals surface area (Å²) in [4.78, 5) is 21.4. The van der Waals surface area contributed by atoms with Gasteiger partial charge in [0.25, 0.3) is 0 Å². The lowest BCUT2D eigenvalue weighted by molar-refractivity contribution is -0.188. The zero-order valence-electron chi connectivity index (χ0n) is 14.7. The molecule has 1 aliphatic rings. The number of hydrogen-bond donors (Lipinski definition) is 0. The smallest absolute Gasteiger partial charge is 0.392 e. The van der Waals surface area contributed by atoms with Gasteiger partial charge in [0, 0.05) is 6.92 Å². The molecular formula is C20H18N2O5. The molecule has 1 saturated heterocycles. The van der Waals surface area contributed by atoms with Crippen LogP contribution in [0.15, 0.2) is 60.8 Å². The largest absolute Gasteiger partial charge is 0.457 e. The van der Waals surface area contributed by atoms with Crippen LogP contribution in [0.3, 0.4) is 0 Å². The van der Waals surface area contributed by atoms with Crippen molar-refractivity contribution < 1.29 is 23.7 Å². The van der Waals surface area contributed by atoms with Crippen molar-refractivity contribution in [1.82, 2.24) is 9.97 Å². The molecule has 3 aromatic rings. The van der Waals surface area contributed by atoms with Crippen LogP contribution in [-0.2, 0) is 14.3 Å². The van der Waals surface area contributed by atoms with Gasteiger partial charge in [-0.2, -0.15) is 0 Å². The molecule has 138 valence electrons. The number of ether oxygens (including phenoxy) is 4. The van der Waals surface area contributed by atoms with Crippen molar-refractivity contribution in [2.75, 3.05) is 13.2 Å². The number of aromatic nitrogens is 2. The van der Waals surface area contributed by atoms with E-state index in [2.05, 4.69) is 9.97 Å². The molecule has 0 spiro atoms. The fourth-order valence-corrected chi connectivity index (χ4v) is 2.47. The molecule has 2 aromatic carbocycles. The Hall–Kier alpha value is -3.19. The minimum absolute atomic E-state index is 0.0598. The fraction of sp³-hybridized carbons (Fsp3) is 0.250. The third-order valence-corrected chi connectivity index (χ3v) is 3.96. The maximum Gasteiger partial charge on any atom is 0.392 e. The summed E-state index contributed by atoms with van der Waals surface area (Å²) >= 11 is 0. The highest BCUT2D eigenvalue weighted by molar-refractivity contribution is 5.78. The molecule has 2 atom stereocenters.